The summed E-state index contributed by atoms with van der Waals surface area (Å²) in [6.07, 6.45) is 0.845. The molecule has 1 aliphatic carbocycles. The normalized spacial score (nSPS) is 18.7. The summed E-state index contributed by atoms with van der Waals surface area (Å²) < 4.78 is 27.5. The van der Waals surface area contributed by atoms with Crippen molar-refractivity contribution in [3.63, 3.8) is 0 Å². The Morgan fingerprint density at radius 1 is 1.07 bits per heavy atom. The molecule has 0 N–H and O–H groups in total. The zero-order valence-electron chi connectivity index (χ0n) is 14.4. The molecule has 5 nitrogen and oxygen atoms in total. The van der Waals surface area contributed by atoms with Gasteiger partial charge in [-0.05, 0) is 24.5 Å². The van der Waals surface area contributed by atoms with Crippen molar-refractivity contribution in [1.29, 1.82) is 0 Å². The number of ketones is 2. The summed E-state index contributed by atoms with van der Waals surface area (Å²) in [4.78, 5) is 29.2. The van der Waals surface area contributed by atoms with Gasteiger partial charge in [0.25, 0.3) is 0 Å². The van der Waals surface area contributed by atoms with Crippen molar-refractivity contribution in [2.24, 2.45) is 5.92 Å². The van der Waals surface area contributed by atoms with Gasteiger partial charge in [0.05, 0.1) is 10.2 Å². The van der Waals surface area contributed by atoms with Gasteiger partial charge in [-0.1, -0.05) is 42.5 Å². The number of sulfone groups is 1. The average molecular weight is 399 g/mol. The summed E-state index contributed by atoms with van der Waals surface area (Å²) in [6.45, 7) is 0. The van der Waals surface area contributed by atoms with Gasteiger partial charge in [0.15, 0.2) is 5.78 Å². The average Bonchev–Trinajstić information content (AvgIpc) is 3.29. The lowest BCUT2D eigenvalue weighted by Gasteiger charge is -2.20. The maximum Gasteiger partial charge on any atom is 0.215 e. The Hall–Kier alpha value is -2.38. The van der Waals surface area contributed by atoms with Crippen molar-refractivity contribution < 1.29 is 18.0 Å². The van der Waals surface area contributed by atoms with Crippen molar-refractivity contribution in [2.75, 3.05) is 0 Å². The molecule has 138 valence electrons. The second-order valence-corrected chi connectivity index (χ2v) is 9.96. The molecular weight excluding hydrogens is 382 g/mol. The molecule has 1 saturated carbocycles. The van der Waals surface area contributed by atoms with Gasteiger partial charge in [-0.15, -0.1) is 11.3 Å². The molecule has 4 rings (SSSR count). The van der Waals surface area contributed by atoms with Crippen molar-refractivity contribution in [3.05, 3.63) is 60.2 Å². The number of benzene rings is 2. The van der Waals surface area contributed by atoms with Gasteiger partial charge in [-0.2, -0.15) is 0 Å². The topological polar surface area (TPSA) is 81.2 Å². The molecule has 1 aromatic heterocycles. The van der Waals surface area contributed by atoms with Crippen LogP contribution in [0.4, 0.5) is 0 Å². The van der Waals surface area contributed by atoms with Gasteiger partial charge in [-0.3, -0.25) is 9.59 Å². The Morgan fingerprint density at radius 3 is 2.44 bits per heavy atom. The van der Waals surface area contributed by atoms with Crippen molar-refractivity contribution >= 4 is 43.0 Å². The van der Waals surface area contributed by atoms with Crippen LogP contribution in [0, 0.1) is 5.92 Å². The molecule has 0 aliphatic heterocycles. The number of hydrogen-bond acceptors (Lipinski definition) is 6. The first-order chi connectivity index (χ1) is 13.0. The highest BCUT2D eigenvalue weighted by Crippen LogP contribution is 2.36. The van der Waals surface area contributed by atoms with E-state index < -0.39 is 26.8 Å². The zero-order chi connectivity index (χ0) is 19.0. The van der Waals surface area contributed by atoms with Crippen LogP contribution in [0.2, 0.25) is 0 Å². The van der Waals surface area contributed by atoms with E-state index in [0.717, 1.165) is 16.0 Å². The highest BCUT2D eigenvalue weighted by Gasteiger charge is 2.45. The third-order valence-electron chi connectivity index (χ3n) is 4.88. The Balaban J connectivity index is 1.81. The zero-order valence-corrected chi connectivity index (χ0v) is 16.0. The van der Waals surface area contributed by atoms with E-state index in [1.165, 1.54) is 0 Å². The third-order valence-corrected chi connectivity index (χ3v) is 8.50. The fourth-order valence-corrected chi connectivity index (χ4v) is 6.90. The quantitative estimate of drug-likeness (QED) is 0.611. The first-order valence-electron chi connectivity index (χ1n) is 8.67. The van der Waals surface area contributed by atoms with Crippen LogP contribution in [0.3, 0.4) is 0 Å². The van der Waals surface area contributed by atoms with E-state index in [1.807, 2.05) is 6.07 Å². The number of carbonyl (C=O) groups excluding carboxylic acids is 2. The lowest BCUT2D eigenvalue weighted by molar-refractivity contribution is -0.117. The Kier molecular flexibility index (Phi) is 4.65. The van der Waals surface area contributed by atoms with Crippen LogP contribution in [0.5, 0.6) is 0 Å². The Bertz CT molecular complexity index is 1090. The molecule has 0 bridgehead atoms. The third kappa shape index (κ3) is 3.33. The molecule has 3 aromatic rings. The monoisotopic (exact) mass is 399 g/mol. The van der Waals surface area contributed by atoms with Crippen LogP contribution in [-0.4, -0.2) is 30.2 Å². The molecule has 1 heterocycles. The molecule has 2 atom stereocenters. The van der Waals surface area contributed by atoms with Crippen LogP contribution in [0.25, 0.3) is 10.2 Å². The lowest BCUT2D eigenvalue weighted by Crippen LogP contribution is -2.37. The van der Waals surface area contributed by atoms with E-state index in [4.69, 9.17) is 0 Å². The molecule has 0 amide bonds. The van der Waals surface area contributed by atoms with Gasteiger partial charge in [0.1, 0.15) is 11.0 Å². The van der Waals surface area contributed by atoms with E-state index in [2.05, 4.69) is 4.98 Å². The summed E-state index contributed by atoms with van der Waals surface area (Å²) in [5.74, 6) is -0.970. The largest absolute Gasteiger partial charge is 0.300 e. The number of carbonyl (C=O) groups is 2. The molecule has 0 spiro atoms. The van der Waals surface area contributed by atoms with Gasteiger partial charge in [0, 0.05) is 18.4 Å². The van der Waals surface area contributed by atoms with Crippen molar-refractivity contribution in [2.45, 2.75) is 28.9 Å². The van der Waals surface area contributed by atoms with E-state index in [1.54, 1.807) is 48.5 Å². The van der Waals surface area contributed by atoms with Crippen LogP contribution in [0.1, 0.15) is 29.6 Å². The molecule has 2 aromatic carbocycles. The second kappa shape index (κ2) is 6.98. The molecule has 1 aliphatic rings. The van der Waals surface area contributed by atoms with Gasteiger partial charge in [-0.25, -0.2) is 13.4 Å². The number of Topliss-reactive ketones (excluding diaryl/α,β-unsaturated/α-hetero) is 2. The SMILES string of the molecule is O=C1CCC(C(C(=O)c2ccccc2)S(=O)(=O)c2nc3ccccc3s2)C1. The Labute approximate surface area is 161 Å². The maximum absolute atomic E-state index is 13.4. The minimum atomic E-state index is -4.01. The summed E-state index contributed by atoms with van der Waals surface area (Å²) in [5, 5.41) is -1.29. The van der Waals surface area contributed by atoms with Gasteiger partial charge in [0.2, 0.25) is 14.2 Å². The van der Waals surface area contributed by atoms with Crippen LogP contribution in [-0.2, 0) is 14.6 Å². The first kappa shape index (κ1) is 18.0. The lowest BCUT2D eigenvalue weighted by atomic mass is 9.96. The number of rotatable bonds is 5. The summed E-state index contributed by atoms with van der Waals surface area (Å²) >= 11 is 1.07. The van der Waals surface area contributed by atoms with Crippen LogP contribution in [0.15, 0.2) is 58.9 Å². The fourth-order valence-electron chi connectivity index (χ4n) is 3.56. The maximum atomic E-state index is 13.4. The highest BCUT2D eigenvalue weighted by atomic mass is 32.2. The highest BCUT2D eigenvalue weighted by molar-refractivity contribution is 7.94. The van der Waals surface area contributed by atoms with Gasteiger partial charge < -0.3 is 0 Å². The van der Waals surface area contributed by atoms with E-state index in [0.29, 0.717) is 23.9 Å². The second-order valence-electron chi connectivity index (χ2n) is 6.68. The fraction of sp³-hybridized carbons (Fsp3) is 0.250. The van der Waals surface area contributed by atoms with Crippen LogP contribution >= 0.6 is 11.3 Å². The van der Waals surface area contributed by atoms with Crippen molar-refractivity contribution in [3.8, 4) is 0 Å². The number of para-hydroxylation sites is 1. The summed E-state index contributed by atoms with van der Waals surface area (Å²) in [7, 11) is -4.01. The van der Waals surface area contributed by atoms with Gasteiger partial charge >= 0.3 is 0 Å². The number of thiazole rings is 1. The number of nitrogens with zero attached hydrogens (tertiary/aromatic N) is 1. The van der Waals surface area contributed by atoms with E-state index in [9.17, 15) is 18.0 Å². The standard InChI is InChI=1S/C20H17NO4S2/c22-15-11-10-14(12-15)19(18(23)13-6-2-1-3-7-13)27(24,25)20-21-16-8-4-5-9-17(16)26-20/h1-9,14,19H,10-12H2. The summed E-state index contributed by atoms with van der Waals surface area (Å²) in [6, 6.07) is 15.6. The van der Waals surface area contributed by atoms with E-state index in [-0.39, 0.29) is 16.5 Å². The first-order valence-corrected chi connectivity index (χ1v) is 11.0. The Morgan fingerprint density at radius 2 is 1.78 bits per heavy atom. The number of hydrogen-bond donors (Lipinski definition) is 0. The predicted octanol–water partition coefficient (Wildman–Crippen LogP) is 3.69. The molecule has 1 fully saturated rings. The number of fused-ring (bicyclic) bond motifs is 1. The predicted molar refractivity (Wildman–Crippen MR) is 104 cm³/mol. The molecular formula is C20H17NO4S2. The number of aromatic nitrogens is 1. The summed E-state index contributed by atoms with van der Waals surface area (Å²) in [5.41, 5.74) is 0.931. The smallest absolute Gasteiger partial charge is 0.215 e. The molecule has 0 radical (unpaired) electrons. The van der Waals surface area contributed by atoms with Crippen molar-refractivity contribution in [1.82, 2.24) is 4.98 Å². The minimum Gasteiger partial charge on any atom is -0.300 e. The molecule has 7 heteroatoms. The molecule has 0 saturated heterocycles. The minimum absolute atomic E-state index is 0.00496. The molecule has 27 heavy (non-hydrogen) atoms. The van der Waals surface area contributed by atoms with E-state index >= 15 is 0 Å². The molecule has 2 unspecified atom stereocenters. The van der Waals surface area contributed by atoms with Crippen LogP contribution < -0.4 is 0 Å².